The SMILES string of the molecule is FC(F)(F)c1ccc(-c2ccc3c4c(ccc3c2)C2=C(CCC=C2)CC4)o1.c1cnc2ccncc2c1. The number of hydrogen-bond acceptors (Lipinski definition) is 3. The molecule has 3 heterocycles. The Bertz CT molecular complexity index is 1610. The van der Waals surface area contributed by atoms with Crippen molar-refractivity contribution in [2.24, 2.45) is 0 Å². The molecule has 2 aliphatic rings. The highest BCUT2D eigenvalue weighted by Gasteiger charge is 2.35. The monoisotopic (exact) mass is 496 g/mol. The van der Waals surface area contributed by atoms with Crippen LogP contribution in [-0.2, 0) is 12.6 Å². The zero-order valence-electron chi connectivity index (χ0n) is 19.9. The maximum atomic E-state index is 12.8. The summed E-state index contributed by atoms with van der Waals surface area (Å²) in [6.07, 6.45) is 9.69. The number of furan rings is 1. The molecule has 7 rings (SSSR count). The zero-order valence-corrected chi connectivity index (χ0v) is 19.9. The Labute approximate surface area is 212 Å². The molecule has 0 fully saturated rings. The molecule has 6 heteroatoms. The van der Waals surface area contributed by atoms with E-state index in [2.05, 4.69) is 34.3 Å². The van der Waals surface area contributed by atoms with Crippen LogP contribution in [0, 0.1) is 0 Å². The van der Waals surface area contributed by atoms with Gasteiger partial charge in [0.1, 0.15) is 5.76 Å². The second kappa shape index (κ2) is 9.36. The van der Waals surface area contributed by atoms with Crippen molar-refractivity contribution in [2.75, 3.05) is 0 Å². The minimum atomic E-state index is -4.47. The van der Waals surface area contributed by atoms with Crippen LogP contribution in [0.1, 0.15) is 36.1 Å². The van der Waals surface area contributed by atoms with E-state index in [0.717, 1.165) is 48.0 Å². The van der Waals surface area contributed by atoms with Gasteiger partial charge in [0.05, 0.1) is 5.52 Å². The maximum absolute atomic E-state index is 12.8. The molecule has 0 amide bonds. The molecule has 0 aliphatic heterocycles. The van der Waals surface area contributed by atoms with E-state index in [1.165, 1.54) is 33.7 Å². The summed E-state index contributed by atoms with van der Waals surface area (Å²) in [4.78, 5) is 8.11. The molecular formula is C31H23F3N2O. The largest absolute Gasteiger partial charge is 0.452 e. The smallest absolute Gasteiger partial charge is 0.449 e. The van der Waals surface area contributed by atoms with Crippen LogP contribution in [0.25, 0.3) is 38.6 Å². The summed E-state index contributed by atoms with van der Waals surface area (Å²) >= 11 is 0. The third kappa shape index (κ3) is 4.55. The Hall–Kier alpha value is -4.19. The molecule has 0 radical (unpaired) electrons. The summed E-state index contributed by atoms with van der Waals surface area (Å²) in [6.45, 7) is 0. The number of aromatic nitrogens is 2. The van der Waals surface area contributed by atoms with Gasteiger partial charge in [-0.3, -0.25) is 9.97 Å². The molecule has 37 heavy (non-hydrogen) atoms. The van der Waals surface area contributed by atoms with Gasteiger partial charge in [-0.25, -0.2) is 0 Å². The van der Waals surface area contributed by atoms with Crippen molar-refractivity contribution in [1.82, 2.24) is 9.97 Å². The predicted molar refractivity (Wildman–Crippen MR) is 140 cm³/mol. The number of halogens is 3. The second-order valence-electron chi connectivity index (χ2n) is 9.22. The number of alkyl halides is 3. The number of fused-ring (bicyclic) bond motifs is 5. The predicted octanol–water partition coefficient (Wildman–Crippen LogP) is 8.80. The minimum absolute atomic E-state index is 0.238. The van der Waals surface area contributed by atoms with Crippen molar-refractivity contribution in [3.05, 3.63) is 114 Å². The van der Waals surface area contributed by atoms with E-state index >= 15 is 0 Å². The van der Waals surface area contributed by atoms with Crippen LogP contribution in [0.15, 0.2) is 101 Å². The maximum Gasteiger partial charge on any atom is 0.449 e. The van der Waals surface area contributed by atoms with Crippen molar-refractivity contribution < 1.29 is 17.6 Å². The number of hydrogen-bond donors (Lipinski definition) is 0. The van der Waals surface area contributed by atoms with Crippen molar-refractivity contribution in [1.29, 1.82) is 0 Å². The Morgan fingerprint density at radius 3 is 2.59 bits per heavy atom. The summed E-state index contributed by atoms with van der Waals surface area (Å²) in [6, 6.07) is 18.1. The summed E-state index contributed by atoms with van der Waals surface area (Å²) < 4.78 is 43.4. The first-order valence-corrected chi connectivity index (χ1v) is 12.2. The molecule has 0 atom stereocenters. The highest BCUT2D eigenvalue weighted by molar-refractivity contribution is 5.95. The molecule has 0 spiro atoms. The van der Waals surface area contributed by atoms with Gasteiger partial charge in [-0.1, -0.05) is 42.0 Å². The van der Waals surface area contributed by atoms with E-state index in [-0.39, 0.29) is 5.76 Å². The van der Waals surface area contributed by atoms with Gasteiger partial charge < -0.3 is 4.42 Å². The number of aryl methyl sites for hydroxylation is 1. The molecule has 0 N–H and O–H groups in total. The van der Waals surface area contributed by atoms with E-state index in [9.17, 15) is 13.2 Å². The number of rotatable bonds is 1. The first-order valence-electron chi connectivity index (χ1n) is 12.2. The first kappa shape index (κ1) is 23.2. The molecule has 2 aromatic carbocycles. The fraction of sp³-hybridized carbons (Fsp3) is 0.161. The number of nitrogens with zero attached hydrogens (tertiary/aromatic N) is 2. The van der Waals surface area contributed by atoms with Crippen molar-refractivity contribution in [2.45, 2.75) is 31.9 Å². The van der Waals surface area contributed by atoms with Crippen LogP contribution >= 0.6 is 0 Å². The molecule has 0 bridgehead atoms. The number of benzene rings is 2. The molecule has 0 unspecified atom stereocenters. The van der Waals surface area contributed by atoms with Crippen LogP contribution in [-0.4, -0.2) is 9.97 Å². The van der Waals surface area contributed by atoms with Gasteiger partial charge in [-0.15, -0.1) is 0 Å². The highest BCUT2D eigenvalue weighted by Crippen LogP contribution is 2.41. The summed E-state index contributed by atoms with van der Waals surface area (Å²) in [5, 5.41) is 3.29. The van der Waals surface area contributed by atoms with E-state index in [0.29, 0.717) is 5.56 Å². The first-order chi connectivity index (χ1) is 18.0. The molecule has 3 nitrogen and oxygen atoms in total. The fourth-order valence-corrected chi connectivity index (χ4v) is 5.16. The van der Waals surface area contributed by atoms with Crippen molar-refractivity contribution in [3.8, 4) is 11.3 Å². The van der Waals surface area contributed by atoms with Gasteiger partial charge in [0.2, 0.25) is 5.76 Å². The molecule has 0 saturated heterocycles. The van der Waals surface area contributed by atoms with E-state index in [4.69, 9.17) is 4.42 Å². The lowest BCUT2D eigenvalue weighted by Crippen LogP contribution is -2.07. The standard InChI is InChI=1S/C23H17F3O.C8H6N2/c24-23(25,26)22-12-11-21(27-22)16-7-8-18-15(13-16)6-10-19-17-4-2-1-3-14(17)5-9-20(18)19;1-2-7-6-9-5-3-8(7)10-4-1/h2,4,6-8,10-13H,1,3,5,9H2;1-6H. The molecule has 184 valence electrons. The molecule has 3 aromatic heterocycles. The zero-order chi connectivity index (χ0) is 25.4. The van der Waals surface area contributed by atoms with E-state index < -0.39 is 11.9 Å². The lowest BCUT2D eigenvalue weighted by Gasteiger charge is -2.25. The van der Waals surface area contributed by atoms with Gasteiger partial charge in [0, 0.05) is 29.5 Å². The van der Waals surface area contributed by atoms with E-state index in [1.54, 1.807) is 12.4 Å². The molecular weight excluding hydrogens is 473 g/mol. The van der Waals surface area contributed by atoms with Crippen LogP contribution in [0.2, 0.25) is 0 Å². The van der Waals surface area contributed by atoms with Gasteiger partial charge in [0.15, 0.2) is 0 Å². The average Bonchev–Trinajstić information content (AvgIpc) is 3.44. The Balaban J connectivity index is 0.000000210. The lowest BCUT2D eigenvalue weighted by atomic mass is 9.79. The van der Waals surface area contributed by atoms with Gasteiger partial charge in [-0.2, -0.15) is 13.2 Å². The Kier molecular flexibility index (Phi) is 5.87. The van der Waals surface area contributed by atoms with E-state index in [1.807, 2.05) is 42.6 Å². The van der Waals surface area contributed by atoms with Gasteiger partial charge in [0.25, 0.3) is 0 Å². The Morgan fingerprint density at radius 1 is 0.838 bits per heavy atom. The van der Waals surface area contributed by atoms with Crippen molar-refractivity contribution >= 4 is 27.2 Å². The lowest BCUT2D eigenvalue weighted by molar-refractivity contribution is -0.152. The second-order valence-corrected chi connectivity index (χ2v) is 9.22. The third-order valence-corrected chi connectivity index (χ3v) is 6.95. The van der Waals surface area contributed by atoms with Crippen LogP contribution in [0.3, 0.4) is 0 Å². The van der Waals surface area contributed by atoms with Gasteiger partial charge in [-0.05, 0) is 89.6 Å². The highest BCUT2D eigenvalue weighted by atomic mass is 19.4. The molecule has 0 saturated carbocycles. The summed E-state index contributed by atoms with van der Waals surface area (Å²) in [5.41, 5.74) is 7.18. The van der Waals surface area contributed by atoms with Crippen LogP contribution in [0.4, 0.5) is 13.2 Å². The van der Waals surface area contributed by atoms with Crippen LogP contribution in [0.5, 0.6) is 0 Å². The summed E-state index contributed by atoms with van der Waals surface area (Å²) in [7, 11) is 0. The van der Waals surface area contributed by atoms with Crippen molar-refractivity contribution in [3.63, 3.8) is 0 Å². The summed E-state index contributed by atoms with van der Waals surface area (Å²) in [5.74, 6) is -0.728. The topological polar surface area (TPSA) is 38.9 Å². The third-order valence-electron chi connectivity index (χ3n) is 6.95. The average molecular weight is 497 g/mol. The van der Waals surface area contributed by atoms with Crippen LogP contribution < -0.4 is 0 Å². The normalized spacial score (nSPS) is 14.8. The number of allylic oxidation sites excluding steroid dienone is 4. The molecule has 5 aromatic rings. The number of pyridine rings is 2. The van der Waals surface area contributed by atoms with Gasteiger partial charge >= 0.3 is 6.18 Å². The quantitative estimate of drug-likeness (QED) is 0.233. The minimum Gasteiger partial charge on any atom is -0.452 e. The molecule has 2 aliphatic carbocycles. The Morgan fingerprint density at radius 2 is 1.76 bits per heavy atom. The fourth-order valence-electron chi connectivity index (χ4n) is 5.16.